The summed E-state index contributed by atoms with van der Waals surface area (Å²) in [6.07, 6.45) is -2.96. The second-order valence-corrected chi connectivity index (χ2v) is 4.13. The number of halogens is 1. The number of carbonyl (C=O) groups is 1. The number of esters is 1. The van der Waals surface area contributed by atoms with Crippen molar-refractivity contribution in [3.05, 3.63) is 28.8 Å². The number of phenolic OH excluding ortho intramolecular Hbond substituents is 1. The smallest absolute Gasteiger partial charge is 0.308 e. The molecule has 5 nitrogen and oxygen atoms in total. The number of aromatic hydroxyl groups is 1. The van der Waals surface area contributed by atoms with Crippen molar-refractivity contribution in [3.63, 3.8) is 0 Å². The summed E-state index contributed by atoms with van der Waals surface area (Å²) in [5.74, 6) is -0.644. The van der Waals surface area contributed by atoms with Crippen molar-refractivity contribution in [2.24, 2.45) is 0 Å². The number of benzene rings is 1. The third-order valence-corrected chi connectivity index (χ3v) is 2.68. The van der Waals surface area contributed by atoms with Crippen LogP contribution in [0.15, 0.2) is 18.2 Å². The average Bonchev–Trinajstić information content (AvgIpc) is 2.28. The lowest BCUT2D eigenvalue weighted by Gasteiger charge is -2.18. The molecule has 100 valence electrons. The van der Waals surface area contributed by atoms with Gasteiger partial charge in [-0.25, -0.2) is 0 Å². The first-order valence-corrected chi connectivity index (χ1v) is 5.83. The Morgan fingerprint density at radius 3 is 2.67 bits per heavy atom. The minimum Gasteiger partial charge on any atom is -0.508 e. The lowest BCUT2D eigenvalue weighted by atomic mass is 10.0. The van der Waals surface area contributed by atoms with Gasteiger partial charge in [-0.15, -0.1) is 0 Å². The fraction of sp³-hybridized carbons (Fsp3) is 0.417. The number of aliphatic hydroxyl groups excluding tert-OH is 2. The van der Waals surface area contributed by atoms with E-state index in [-0.39, 0.29) is 29.4 Å². The van der Waals surface area contributed by atoms with Crippen LogP contribution in [0.1, 0.15) is 25.0 Å². The Bertz CT molecular complexity index is 421. The highest BCUT2D eigenvalue weighted by molar-refractivity contribution is 6.31. The second kappa shape index (κ2) is 6.58. The van der Waals surface area contributed by atoms with Crippen LogP contribution in [0.2, 0.25) is 5.02 Å². The first-order chi connectivity index (χ1) is 8.45. The Balaban J connectivity index is 2.73. The highest BCUT2D eigenvalue weighted by Gasteiger charge is 2.24. The molecule has 6 heteroatoms. The summed E-state index contributed by atoms with van der Waals surface area (Å²) >= 11 is 5.82. The number of phenols is 1. The van der Waals surface area contributed by atoms with Crippen LogP contribution in [-0.2, 0) is 9.53 Å². The van der Waals surface area contributed by atoms with E-state index in [9.17, 15) is 20.1 Å². The predicted molar refractivity (Wildman–Crippen MR) is 65.3 cm³/mol. The summed E-state index contributed by atoms with van der Waals surface area (Å²) < 4.78 is 4.66. The quantitative estimate of drug-likeness (QED) is 0.707. The van der Waals surface area contributed by atoms with Crippen LogP contribution in [0.5, 0.6) is 5.75 Å². The molecule has 0 saturated carbocycles. The molecule has 0 heterocycles. The van der Waals surface area contributed by atoms with Crippen LogP contribution >= 0.6 is 11.6 Å². The van der Waals surface area contributed by atoms with Gasteiger partial charge in [-0.05, 0) is 19.1 Å². The first-order valence-electron chi connectivity index (χ1n) is 5.45. The average molecular weight is 275 g/mol. The van der Waals surface area contributed by atoms with Gasteiger partial charge in [-0.3, -0.25) is 4.79 Å². The minimum absolute atomic E-state index is 0.0455. The molecule has 0 amide bonds. The topological polar surface area (TPSA) is 87.0 Å². The Labute approximate surface area is 110 Å². The molecule has 0 radical (unpaired) electrons. The molecular formula is C12H15ClO5. The van der Waals surface area contributed by atoms with Crippen LogP contribution < -0.4 is 0 Å². The molecule has 0 aliphatic rings. The summed E-state index contributed by atoms with van der Waals surface area (Å²) in [6.45, 7) is 1.86. The number of ether oxygens (including phenoxy) is 1. The molecule has 1 aromatic rings. The maximum Gasteiger partial charge on any atom is 0.308 e. The Morgan fingerprint density at radius 1 is 1.44 bits per heavy atom. The SMILES string of the molecule is CCOC(=O)CC(O)C(O)c1ccc(O)cc1Cl. The van der Waals surface area contributed by atoms with Crippen molar-refractivity contribution in [2.75, 3.05) is 6.61 Å². The molecule has 0 aliphatic heterocycles. The van der Waals surface area contributed by atoms with Crippen molar-refractivity contribution in [3.8, 4) is 5.75 Å². The standard InChI is InChI=1S/C12H15ClO5/c1-2-18-11(16)6-10(15)12(17)8-4-3-7(14)5-9(8)13/h3-5,10,12,14-15,17H,2,6H2,1H3. The third kappa shape index (κ3) is 3.87. The molecule has 1 rings (SSSR count). The zero-order valence-corrected chi connectivity index (χ0v) is 10.6. The largest absolute Gasteiger partial charge is 0.508 e. The molecule has 0 bridgehead atoms. The van der Waals surface area contributed by atoms with E-state index in [1.807, 2.05) is 0 Å². The maximum absolute atomic E-state index is 11.2. The number of rotatable bonds is 5. The normalized spacial score (nSPS) is 14.0. The molecule has 0 aliphatic carbocycles. The van der Waals surface area contributed by atoms with E-state index in [1.165, 1.54) is 18.2 Å². The van der Waals surface area contributed by atoms with Gasteiger partial charge < -0.3 is 20.1 Å². The highest BCUT2D eigenvalue weighted by atomic mass is 35.5. The molecular weight excluding hydrogens is 260 g/mol. The number of hydrogen-bond acceptors (Lipinski definition) is 5. The molecule has 0 fully saturated rings. The molecule has 18 heavy (non-hydrogen) atoms. The van der Waals surface area contributed by atoms with Crippen LogP contribution in [-0.4, -0.2) is 34.0 Å². The summed E-state index contributed by atoms with van der Waals surface area (Å²) in [5, 5.41) is 28.8. The maximum atomic E-state index is 11.2. The van der Waals surface area contributed by atoms with Gasteiger partial charge in [-0.2, -0.15) is 0 Å². The van der Waals surface area contributed by atoms with E-state index in [0.717, 1.165) is 0 Å². The van der Waals surface area contributed by atoms with Gasteiger partial charge in [0.15, 0.2) is 0 Å². The van der Waals surface area contributed by atoms with E-state index in [2.05, 4.69) is 4.74 Å². The summed E-state index contributed by atoms with van der Waals surface area (Å²) in [6, 6.07) is 3.97. The zero-order valence-electron chi connectivity index (χ0n) is 9.84. The van der Waals surface area contributed by atoms with E-state index >= 15 is 0 Å². The number of aliphatic hydroxyl groups is 2. The molecule has 3 N–H and O–H groups in total. The lowest BCUT2D eigenvalue weighted by molar-refractivity contribution is -0.147. The van der Waals surface area contributed by atoms with Gasteiger partial charge in [0.25, 0.3) is 0 Å². The number of carbonyl (C=O) groups excluding carboxylic acids is 1. The molecule has 0 aromatic heterocycles. The highest BCUT2D eigenvalue weighted by Crippen LogP contribution is 2.29. The molecule has 0 spiro atoms. The third-order valence-electron chi connectivity index (χ3n) is 2.35. The van der Waals surface area contributed by atoms with Gasteiger partial charge in [0.05, 0.1) is 24.2 Å². The van der Waals surface area contributed by atoms with Crippen molar-refractivity contribution >= 4 is 17.6 Å². The van der Waals surface area contributed by atoms with Gasteiger partial charge in [0, 0.05) is 5.56 Å². The van der Waals surface area contributed by atoms with E-state index in [4.69, 9.17) is 11.6 Å². The second-order valence-electron chi connectivity index (χ2n) is 3.73. The minimum atomic E-state index is -1.32. The molecule has 2 atom stereocenters. The van der Waals surface area contributed by atoms with Crippen molar-refractivity contribution < 1.29 is 24.9 Å². The Morgan fingerprint density at radius 2 is 2.11 bits per heavy atom. The molecule has 2 unspecified atom stereocenters. The number of hydrogen-bond donors (Lipinski definition) is 3. The fourth-order valence-corrected chi connectivity index (χ4v) is 1.75. The Kier molecular flexibility index (Phi) is 5.40. The molecule has 0 saturated heterocycles. The lowest BCUT2D eigenvalue weighted by Crippen LogP contribution is -2.23. The predicted octanol–water partition coefficient (Wildman–Crippen LogP) is 1.39. The van der Waals surface area contributed by atoms with E-state index in [1.54, 1.807) is 6.92 Å². The summed E-state index contributed by atoms with van der Waals surface area (Å²) in [4.78, 5) is 11.2. The summed E-state index contributed by atoms with van der Waals surface area (Å²) in [7, 11) is 0. The van der Waals surface area contributed by atoms with Gasteiger partial charge in [0.2, 0.25) is 0 Å². The van der Waals surface area contributed by atoms with Crippen LogP contribution in [0.4, 0.5) is 0 Å². The first kappa shape index (κ1) is 14.8. The Hall–Kier alpha value is -1.30. The van der Waals surface area contributed by atoms with E-state index < -0.39 is 18.2 Å². The van der Waals surface area contributed by atoms with E-state index in [0.29, 0.717) is 0 Å². The van der Waals surface area contributed by atoms with Crippen molar-refractivity contribution in [2.45, 2.75) is 25.6 Å². The van der Waals surface area contributed by atoms with Crippen molar-refractivity contribution in [1.29, 1.82) is 0 Å². The van der Waals surface area contributed by atoms with Crippen LogP contribution in [0.3, 0.4) is 0 Å². The molecule has 1 aromatic carbocycles. The van der Waals surface area contributed by atoms with Gasteiger partial charge in [-0.1, -0.05) is 17.7 Å². The van der Waals surface area contributed by atoms with Crippen LogP contribution in [0, 0.1) is 0 Å². The van der Waals surface area contributed by atoms with Gasteiger partial charge in [0.1, 0.15) is 11.9 Å². The van der Waals surface area contributed by atoms with Crippen LogP contribution in [0.25, 0.3) is 0 Å². The monoisotopic (exact) mass is 274 g/mol. The van der Waals surface area contributed by atoms with Gasteiger partial charge >= 0.3 is 5.97 Å². The van der Waals surface area contributed by atoms with Crippen molar-refractivity contribution in [1.82, 2.24) is 0 Å². The zero-order chi connectivity index (χ0) is 13.7. The fourth-order valence-electron chi connectivity index (χ4n) is 1.47. The summed E-state index contributed by atoms with van der Waals surface area (Å²) in [5.41, 5.74) is 0.242.